The van der Waals surface area contributed by atoms with Crippen molar-refractivity contribution in [2.45, 2.75) is 12.4 Å². The summed E-state index contributed by atoms with van der Waals surface area (Å²) in [6.45, 7) is 0. The van der Waals surface area contributed by atoms with Crippen molar-refractivity contribution in [1.82, 2.24) is 9.13 Å². The zero-order chi connectivity index (χ0) is 38.5. The lowest BCUT2D eigenvalue weighted by molar-refractivity contribution is -0.137. The first-order chi connectivity index (χ1) is 24.3. The number of nitrogens with one attached hydrogen (secondary N) is 1. The average molecular weight is 751 g/mol. The second-order valence-corrected chi connectivity index (χ2v) is 11.3. The Morgan fingerprint density at radius 2 is 1.17 bits per heavy atom. The maximum Gasteiger partial charge on any atom is 0.417 e. The summed E-state index contributed by atoms with van der Waals surface area (Å²) in [5.74, 6) is -1.60. The predicted molar refractivity (Wildman–Crippen MR) is 180 cm³/mol. The highest BCUT2D eigenvalue weighted by Gasteiger charge is 2.37. The monoisotopic (exact) mass is 750 g/mol. The number of hydrogen-bond acceptors (Lipinski definition) is 7. The normalized spacial score (nSPS) is 11.3. The molecular weight excluding hydrogens is 722 g/mol. The molecule has 1 amide bonds. The fourth-order valence-corrected chi connectivity index (χ4v) is 5.13. The van der Waals surface area contributed by atoms with Crippen molar-refractivity contribution >= 4 is 41.0 Å². The molecule has 52 heavy (non-hydrogen) atoms. The zero-order valence-electron chi connectivity index (χ0n) is 27.6. The first-order valence-corrected chi connectivity index (χ1v) is 15.1. The summed E-state index contributed by atoms with van der Waals surface area (Å²) in [5, 5.41) is 2.60. The largest absolute Gasteiger partial charge is 0.465 e. The van der Waals surface area contributed by atoms with Gasteiger partial charge in [-0.3, -0.25) is 5.32 Å². The van der Waals surface area contributed by atoms with Crippen molar-refractivity contribution in [1.29, 1.82) is 0 Å². The fourth-order valence-electron chi connectivity index (χ4n) is 5.00. The summed E-state index contributed by atoms with van der Waals surface area (Å²) in [6, 6.07) is 15.5. The molecule has 0 fully saturated rings. The van der Waals surface area contributed by atoms with E-state index in [1.165, 1.54) is 45.5 Å². The fraction of sp³-hybridized carbons (Fsp3) is 0.171. The molecular formula is C35H29ClF6N4O6. The molecule has 3 aromatic carbocycles. The van der Waals surface area contributed by atoms with Crippen LogP contribution in [0.5, 0.6) is 5.75 Å². The molecule has 5 rings (SSSR count). The van der Waals surface area contributed by atoms with E-state index >= 15 is 0 Å². The van der Waals surface area contributed by atoms with Crippen LogP contribution in [0.3, 0.4) is 0 Å². The summed E-state index contributed by atoms with van der Waals surface area (Å²) in [5.41, 5.74) is 2.77. The van der Waals surface area contributed by atoms with Crippen LogP contribution in [0.1, 0.15) is 31.8 Å². The zero-order valence-corrected chi connectivity index (χ0v) is 28.4. The van der Waals surface area contributed by atoms with Crippen molar-refractivity contribution < 1.29 is 54.9 Å². The van der Waals surface area contributed by atoms with Gasteiger partial charge < -0.3 is 29.1 Å². The van der Waals surface area contributed by atoms with Gasteiger partial charge in [0.15, 0.2) is 0 Å². The lowest BCUT2D eigenvalue weighted by atomic mass is 9.98. The van der Waals surface area contributed by atoms with E-state index in [2.05, 4.69) is 14.8 Å². The van der Waals surface area contributed by atoms with Gasteiger partial charge in [-0.2, -0.15) is 26.3 Å². The van der Waals surface area contributed by atoms with E-state index in [0.29, 0.717) is 16.8 Å². The second-order valence-electron chi connectivity index (χ2n) is 10.9. The summed E-state index contributed by atoms with van der Waals surface area (Å²) in [7, 11) is 5.41. The third-order valence-electron chi connectivity index (χ3n) is 7.47. The van der Waals surface area contributed by atoms with Gasteiger partial charge in [0.25, 0.3) is 0 Å². The number of nitrogens with two attached hydrogens (primary N) is 1. The summed E-state index contributed by atoms with van der Waals surface area (Å²) in [6.07, 6.45) is -7.24. The van der Waals surface area contributed by atoms with Crippen molar-refractivity contribution in [2.24, 2.45) is 14.1 Å². The van der Waals surface area contributed by atoms with Gasteiger partial charge in [-0.25, -0.2) is 14.4 Å². The molecule has 0 aliphatic rings. The molecule has 0 radical (unpaired) electrons. The average Bonchev–Trinajstić information content (AvgIpc) is 3.71. The van der Waals surface area contributed by atoms with Gasteiger partial charge in [-0.05, 0) is 72.8 Å². The van der Waals surface area contributed by atoms with Crippen LogP contribution in [0.2, 0.25) is 5.02 Å². The Balaban J connectivity index is 0.000000251. The molecule has 0 saturated heterocycles. The number of aromatic nitrogens is 2. The number of halogens is 7. The topological polar surface area (TPSA) is 127 Å². The van der Waals surface area contributed by atoms with Gasteiger partial charge in [-0.1, -0.05) is 11.6 Å². The van der Waals surface area contributed by atoms with Crippen molar-refractivity contribution in [3.63, 3.8) is 0 Å². The number of methoxy groups -OCH3 is 2. The standard InChI is InChI=1S/C21H16ClF3N2O4.C14H13F3N2O2/c1-27-9-3-4-18(27)14-10-15(19(28)30-2)17(11-16(14)21(23,24)25)26-20(29)31-13-7-5-12(22)6-8-13;1-19-5-3-4-12(19)8-6-9(13(20)21-2)11(18)7-10(8)14(15,16)17/h3-11H,1-2H3,(H,26,29);3-7H,18H2,1-2H3. The predicted octanol–water partition coefficient (Wildman–Crippen LogP) is 8.84. The number of amides is 1. The number of nitrogens with zero attached hydrogens (tertiary/aromatic N) is 2. The maximum absolute atomic E-state index is 13.8. The van der Waals surface area contributed by atoms with Crippen molar-refractivity contribution in [3.05, 3.63) is 112 Å². The Bertz CT molecular complexity index is 2110. The molecule has 0 aliphatic heterocycles. The molecule has 2 aromatic heterocycles. The molecule has 3 N–H and O–H groups in total. The number of rotatable bonds is 6. The Labute approximate surface area is 297 Å². The number of nitrogen functional groups attached to an aromatic ring is 1. The molecule has 0 bridgehead atoms. The number of esters is 2. The highest BCUT2D eigenvalue weighted by atomic mass is 35.5. The molecule has 0 unspecified atom stereocenters. The summed E-state index contributed by atoms with van der Waals surface area (Å²) in [4.78, 5) is 36.1. The van der Waals surface area contributed by atoms with Gasteiger partial charge >= 0.3 is 30.4 Å². The number of benzene rings is 3. The van der Waals surface area contributed by atoms with Crippen LogP contribution in [0.15, 0.2) is 85.2 Å². The van der Waals surface area contributed by atoms with E-state index in [4.69, 9.17) is 22.1 Å². The number of carbonyl (C=O) groups is 3. The first-order valence-electron chi connectivity index (χ1n) is 14.8. The SMILES string of the molecule is COC(=O)c1cc(-c2cccn2C)c(C(F)(F)F)cc1N.COC(=O)c1cc(-c2cccn2C)c(C(F)(F)F)cc1NC(=O)Oc1ccc(Cl)cc1. The van der Waals surface area contributed by atoms with Crippen LogP contribution in [0, 0.1) is 0 Å². The Kier molecular flexibility index (Phi) is 11.6. The Morgan fingerprint density at radius 3 is 1.62 bits per heavy atom. The van der Waals surface area contributed by atoms with E-state index < -0.39 is 47.2 Å². The van der Waals surface area contributed by atoms with Gasteiger partial charge in [0.2, 0.25) is 0 Å². The van der Waals surface area contributed by atoms with Gasteiger partial charge in [0, 0.05) is 59.7 Å². The molecule has 10 nitrogen and oxygen atoms in total. The van der Waals surface area contributed by atoms with E-state index in [1.54, 1.807) is 38.6 Å². The molecule has 17 heteroatoms. The summed E-state index contributed by atoms with van der Waals surface area (Å²) < 4.78 is 98.3. The highest BCUT2D eigenvalue weighted by Crippen LogP contribution is 2.41. The number of hydrogen-bond donors (Lipinski definition) is 2. The minimum Gasteiger partial charge on any atom is -0.465 e. The minimum absolute atomic E-state index is 0.0956. The Morgan fingerprint density at radius 1 is 0.712 bits per heavy atom. The van der Waals surface area contributed by atoms with Crippen LogP contribution < -0.4 is 15.8 Å². The smallest absolute Gasteiger partial charge is 0.417 e. The van der Waals surface area contributed by atoms with Crippen molar-refractivity contribution in [3.8, 4) is 28.3 Å². The number of alkyl halides is 6. The number of ether oxygens (including phenoxy) is 3. The van der Waals surface area contributed by atoms with E-state index in [0.717, 1.165) is 32.4 Å². The van der Waals surface area contributed by atoms with E-state index in [1.807, 2.05) is 0 Å². The lowest BCUT2D eigenvalue weighted by Crippen LogP contribution is -2.20. The number of aryl methyl sites for hydroxylation is 2. The van der Waals surface area contributed by atoms with Crippen LogP contribution >= 0.6 is 11.6 Å². The van der Waals surface area contributed by atoms with Gasteiger partial charge in [0.05, 0.1) is 42.2 Å². The molecule has 2 heterocycles. The maximum atomic E-state index is 13.8. The molecule has 5 aromatic rings. The molecule has 274 valence electrons. The van der Waals surface area contributed by atoms with Crippen LogP contribution in [-0.4, -0.2) is 41.4 Å². The third kappa shape index (κ3) is 8.87. The lowest BCUT2D eigenvalue weighted by Gasteiger charge is -2.18. The van der Waals surface area contributed by atoms with Crippen LogP contribution in [-0.2, 0) is 35.9 Å². The highest BCUT2D eigenvalue weighted by molar-refractivity contribution is 6.30. The minimum atomic E-state index is -4.76. The van der Waals surface area contributed by atoms with Crippen LogP contribution in [0.25, 0.3) is 22.5 Å². The molecule has 0 saturated carbocycles. The molecule has 0 spiro atoms. The third-order valence-corrected chi connectivity index (χ3v) is 7.72. The summed E-state index contributed by atoms with van der Waals surface area (Å²) >= 11 is 5.76. The second kappa shape index (κ2) is 15.6. The Hall–Kier alpha value is -5.90. The number of anilines is 2. The van der Waals surface area contributed by atoms with Crippen molar-refractivity contribution in [2.75, 3.05) is 25.3 Å². The number of carbonyl (C=O) groups excluding carboxylic acids is 3. The quantitative estimate of drug-likeness (QED) is 0.101. The van der Waals surface area contributed by atoms with Gasteiger partial charge in [0.1, 0.15) is 5.75 Å². The van der Waals surface area contributed by atoms with Gasteiger partial charge in [-0.15, -0.1) is 0 Å². The van der Waals surface area contributed by atoms with E-state index in [-0.39, 0.29) is 39.4 Å². The van der Waals surface area contributed by atoms with E-state index in [9.17, 15) is 40.7 Å². The van der Waals surface area contributed by atoms with Crippen LogP contribution in [0.4, 0.5) is 42.5 Å². The molecule has 0 atom stereocenters. The molecule has 0 aliphatic carbocycles. The first kappa shape index (κ1) is 38.9.